The molecule has 2 rings (SSSR count). The van der Waals surface area contributed by atoms with Gasteiger partial charge < -0.3 is 0 Å². The Labute approximate surface area is 95.3 Å². The van der Waals surface area contributed by atoms with Crippen LogP contribution in [0.1, 0.15) is 24.8 Å². The molecule has 0 bridgehead atoms. The number of aliphatic imine (C=N–C) groups is 1. The minimum absolute atomic E-state index is 0.296. The fourth-order valence-electron chi connectivity index (χ4n) is 1.91. The van der Waals surface area contributed by atoms with Crippen LogP contribution in [0, 0.1) is 5.82 Å². The van der Waals surface area contributed by atoms with Gasteiger partial charge >= 0.3 is 0 Å². The Morgan fingerprint density at radius 3 is 2.67 bits per heavy atom. The van der Waals surface area contributed by atoms with E-state index in [1.165, 1.54) is 12.1 Å². The molecule has 78 valence electrons. The van der Waals surface area contributed by atoms with E-state index in [0.29, 0.717) is 4.47 Å². The molecule has 0 amide bonds. The minimum Gasteiger partial charge on any atom is -0.211 e. The standard InChI is InChI=1S/C11H9BrFNO/c12-10-6-8(13)2-3-9(10)11(14-7-15)4-1-5-11/h2-3,6H,1,4-5H2. The molecular weight excluding hydrogens is 261 g/mol. The fraction of sp³-hybridized carbons (Fsp3) is 0.364. The Morgan fingerprint density at radius 1 is 1.47 bits per heavy atom. The van der Waals surface area contributed by atoms with E-state index in [2.05, 4.69) is 20.9 Å². The summed E-state index contributed by atoms with van der Waals surface area (Å²) in [4.78, 5) is 14.2. The molecule has 1 saturated carbocycles. The first-order chi connectivity index (χ1) is 7.18. The third-order valence-corrected chi connectivity index (χ3v) is 3.53. The fourth-order valence-corrected chi connectivity index (χ4v) is 2.63. The zero-order valence-corrected chi connectivity index (χ0v) is 9.55. The van der Waals surface area contributed by atoms with Gasteiger partial charge in [0, 0.05) is 4.47 Å². The molecule has 2 nitrogen and oxygen atoms in total. The molecule has 0 aromatic heterocycles. The van der Waals surface area contributed by atoms with Crippen molar-refractivity contribution in [3.8, 4) is 0 Å². The van der Waals surface area contributed by atoms with Crippen molar-refractivity contribution in [3.63, 3.8) is 0 Å². The van der Waals surface area contributed by atoms with Crippen LogP contribution in [0.5, 0.6) is 0 Å². The zero-order valence-electron chi connectivity index (χ0n) is 7.96. The van der Waals surface area contributed by atoms with Gasteiger partial charge in [0.05, 0.1) is 5.54 Å². The lowest BCUT2D eigenvalue weighted by molar-refractivity contribution is 0.254. The molecule has 1 aromatic rings. The van der Waals surface area contributed by atoms with Gasteiger partial charge in [-0.15, -0.1) is 0 Å². The zero-order chi connectivity index (χ0) is 10.9. The van der Waals surface area contributed by atoms with Crippen molar-refractivity contribution in [2.24, 2.45) is 4.99 Å². The van der Waals surface area contributed by atoms with Gasteiger partial charge in [0.15, 0.2) is 0 Å². The van der Waals surface area contributed by atoms with Crippen LogP contribution in [0.4, 0.5) is 4.39 Å². The van der Waals surface area contributed by atoms with E-state index in [-0.39, 0.29) is 5.82 Å². The van der Waals surface area contributed by atoms with E-state index in [0.717, 1.165) is 24.8 Å². The summed E-state index contributed by atoms with van der Waals surface area (Å²) in [5.74, 6) is -0.296. The summed E-state index contributed by atoms with van der Waals surface area (Å²) in [6.07, 6.45) is 4.30. The minimum atomic E-state index is -0.464. The first-order valence-electron chi connectivity index (χ1n) is 4.72. The molecule has 0 radical (unpaired) electrons. The Morgan fingerprint density at radius 2 is 2.20 bits per heavy atom. The van der Waals surface area contributed by atoms with E-state index < -0.39 is 5.54 Å². The Hall–Kier alpha value is -0.990. The van der Waals surface area contributed by atoms with Crippen LogP contribution in [-0.2, 0) is 10.3 Å². The number of benzene rings is 1. The van der Waals surface area contributed by atoms with Gasteiger partial charge in [-0.05, 0) is 37.0 Å². The summed E-state index contributed by atoms with van der Waals surface area (Å²) in [5, 5.41) is 0. The Bertz CT molecular complexity index is 436. The predicted molar refractivity (Wildman–Crippen MR) is 57.8 cm³/mol. The van der Waals surface area contributed by atoms with Gasteiger partial charge in [0.2, 0.25) is 6.08 Å². The van der Waals surface area contributed by atoms with Gasteiger partial charge in [-0.25, -0.2) is 9.18 Å². The number of halogens is 2. The molecule has 0 saturated heterocycles. The molecule has 0 N–H and O–H groups in total. The number of rotatable bonds is 2. The topological polar surface area (TPSA) is 29.4 Å². The monoisotopic (exact) mass is 269 g/mol. The molecular formula is C11H9BrFNO. The maximum Gasteiger partial charge on any atom is 0.235 e. The molecule has 0 heterocycles. The molecule has 1 aliphatic carbocycles. The largest absolute Gasteiger partial charge is 0.235 e. The van der Waals surface area contributed by atoms with Gasteiger partial charge in [-0.3, -0.25) is 0 Å². The van der Waals surface area contributed by atoms with Crippen molar-refractivity contribution in [2.45, 2.75) is 24.8 Å². The molecule has 1 fully saturated rings. The van der Waals surface area contributed by atoms with Crippen LogP contribution in [0.2, 0.25) is 0 Å². The third kappa shape index (κ3) is 1.75. The second-order valence-corrected chi connectivity index (χ2v) is 4.57. The number of carbonyl (C=O) groups excluding carboxylic acids is 1. The average molecular weight is 270 g/mol. The van der Waals surface area contributed by atoms with Gasteiger partial charge in [-0.2, -0.15) is 4.99 Å². The highest BCUT2D eigenvalue weighted by atomic mass is 79.9. The van der Waals surface area contributed by atoms with Crippen molar-refractivity contribution in [1.82, 2.24) is 0 Å². The molecule has 15 heavy (non-hydrogen) atoms. The van der Waals surface area contributed by atoms with E-state index in [4.69, 9.17) is 0 Å². The lowest BCUT2D eigenvalue weighted by Crippen LogP contribution is -2.32. The molecule has 0 spiro atoms. The maximum atomic E-state index is 12.9. The van der Waals surface area contributed by atoms with Crippen molar-refractivity contribution in [3.05, 3.63) is 34.1 Å². The molecule has 1 aliphatic rings. The van der Waals surface area contributed by atoms with Crippen molar-refractivity contribution >= 4 is 22.0 Å². The summed E-state index contributed by atoms with van der Waals surface area (Å²) >= 11 is 3.30. The first-order valence-corrected chi connectivity index (χ1v) is 5.52. The van der Waals surface area contributed by atoms with E-state index >= 15 is 0 Å². The van der Waals surface area contributed by atoms with Crippen LogP contribution in [0.3, 0.4) is 0 Å². The number of hydrogen-bond donors (Lipinski definition) is 0. The maximum absolute atomic E-state index is 12.9. The van der Waals surface area contributed by atoms with Crippen molar-refractivity contribution < 1.29 is 9.18 Å². The smallest absolute Gasteiger partial charge is 0.211 e. The molecule has 1 aromatic carbocycles. The van der Waals surface area contributed by atoms with E-state index in [9.17, 15) is 9.18 Å². The van der Waals surface area contributed by atoms with E-state index in [1.54, 1.807) is 12.1 Å². The summed E-state index contributed by atoms with van der Waals surface area (Å²) in [5.41, 5.74) is 0.410. The summed E-state index contributed by atoms with van der Waals surface area (Å²) in [7, 11) is 0. The lowest BCUT2D eigenvalue weighted by Gasteiger charge is -2.37. The second kappa shape index (κ2) is 3.87. The highest BCUT2D eigenvalue weighted by Gasteiger charge is 2.40. The number of hydrogen-bond acceptors (Lipinski definition) is 2. The molecule has 0 atom stereocenters. The molecule has 0 aliphatic heterocycles. The first kappa shape index (κ1) is 10.5. The summed E-state index contributed by atoms with van der Waals surface area (Å²) in [6.45, 7) is 0. The van der Waals surface area contributed by atoms with Crippen LogP contribution in [-0.4, -0.2) is 6.08 Å². The molecule has 4 heteroatoms. The highest BCUT2D eigenvalue weighted by molar-refractivity contribution is 9.10. The normalized spacial score (nSPS) is 17.7. The third-order valence-electron chi connectivity index (χ3n) is 2.87. The van der Waals surface area contributed by atoms with Crippen molar-refractivity contribution in [2.75, 3.05) is 0 Å². The highest BCUT2D eigenvalue weighted by Crippen LogP contribution is 2.47. The average Bonchev–Trinajstić information content (AvgIpc) is 2.12. The lowest BCUT2D eigenvalue weighted by atomic mass is 9.72. The summed E-state index contributed by atoms with van der Waals surface area (Å²) in [6, 6.07) is 4.47. The molecule has 0 unspecified atom stereocenters. The number of isocyanates is 1. The second-order valence-electron chi connectivity index (χ2n) is 3.71. The van der Waals surface area contributed by atoms with Crippen molar-refractivity contribution in [1.29, 1.82) is 0 Å². The van der Waals surface area contributed by atoms with Crippen LogP contribution >= 0.6 is 15.9 Å². The quantitative estimate of drug-likeness (QED) is 0.598. The van der Waals surface area contributed by atoms with Gasteiger partial charge in [0.25, 0.3) is 0 Å². The van der Waals surface area contributed by atoms with Crippen LogP contribution < -0.4 is 0 Å². The SMILES string of the molecule is O=C=NC1(c2ccc(F)cc2Br)CCC1. The van der Waals surface area contributed by atoms with Crippen LogP contribution in [0.25, 0.3) is 0 Å². The Kier molecular flexibility index (Phi) is 2.72. The number of nitrogens with zero attached hydrogens (tertiary/aromatic N) is 1. The predicted octanol–water partition coefficient (Wildman–Crippen LogP) is 3.30. The van der Waals surface area contributed by atoms with Gasteiger partial charge in [-0.1, -0.05) is 22.0 Å². The van der Waals surface area contributed by atoms with Crippen LogP contribution in [0.15, 0.2) is 27.7 Å². The summed E-state index contributed by atoms with van der Waals surface area (Å²) < 4.78 is 13.6. The van der Waals surface area contributed by atoms with E-state index in [1.807, 2.05) is 0 Å². The Balaban J connectivity index is 2.47. The van der Waals surface area contributed by atoms with Gasteiger partial charge in [0.1, 0.15) is 5.82 Å².